The molecule has 4 heteroatoms. The number of carbonyl (C=O) groups excluding carboxylic acids is 2. The van der Waals surface area contributed by atoms with E-state index in [9.17, 15) is 9.59 Å². The lowest BCUT2D eigenvalue weighted by molar-refractivity contribution is 0.0997. The van der Waals surface area contributed by atoms with Crippen LogP contribution in [0.3, 0.4) is 0 Å². The van der Waals surface area contributed by atoms with E-state index in [1.807, 2.05) is 23.6 Å². The van der Waals surface area contributed by atoms with Crippen molar-refractivity contribution in [1.29, 1.82) is 0 Å². The molecule has 1 aromatic carbocycles. The summed E-state index contributed by atoms with van der Waals surface area (Å²) in [6, 6.07) is 12.5. The zero-order valence-electron chi connectivity index (χ0n) is 9.42. The molecule has 88 valence electrons. The first kappa shape index (κ1) is 13.1. The van der Waals surface area contributed by atoms with E-state index in [1.165, 1.54) is 11.3 Å². The summed E-state index contributed by atoms with van der Waals surface area (Å²) in [5.41, 5.74) is 5.53. The third-order valence-electron chi connectivity index (χ3n) is 1.93. The van der Waals surface area contributed by atoms with E-state index >= 15 is 0 Å². The van der Waals surface area contributed by atoms with E-state index in [2.05, 4.69) is 0 Å². The summed E-state index contributed by atoms with van der Waals surface area (Å²) in [5.74, 6) is -0.226. The molecule has 0 radical (unpaired) electrons. The average molecular weight is 247 g/mol. The number of amides is 1. The number of Topliss-reactive ketones (excluding diaryl/α,β-unsaturated/α-hetero) is 1. The van der Waals surface area contributed by atoms with Gasteiger partial charge in [-0.3, -0.25) is 9.59 Å². The molecule has 0 atom stereocenters. The molecule has 0 aliphatic rings. The molecule has 0 fully saturated rings. The average Bonchev–Trinajstić information content (AvgIpc) is 2.84. The highest BCUT2D eigenvalue weighted by atomic mass is 32.1. The van der Waals surface area contributed by atoms with Gasteiger partial charge in [-0.15, -0.1) is 11.3 Å². The van der Waals surface area contributed by atoms with Crippen molar-refractivity contribution in [3.05, 3.63) is 58.3 Å². The van der Waals surface area contributed by atoms with E-state index in [4.69, 9.17) is 5.73 Å². The van der Waals surface area contributed by atoms with Crippen molar-refractivity contribution < 1.29 is 9.59 Å². The van der Waals surface area contributed by atoms with Crippen LogP contribution in [-0.4, -0.2) is 11.7 Å². The monoisotopic (exact) mass is 247 g/mol. The Kier molecular flexibility index (Phi) is 5.10. The van der Waals surface area contributed by atoms with Crippen molar-refractivity contribution in [2.24, 2.45) is 5.73 Å². The lowest BCUT2D eigenvalue weighted by Crippen LogP contribution is -2.09. The Morgan fingerprint density at radius 1 is 1.06 bits per heavy atom. The lowest BCUT2D eigenvalue weighted by atomic mass is 10.2. The van der Waals surface area contributed by atoms with E-state index < -0.39 is 0 Å². The zero-order chi connectivity index (χ0) is 12.7. The maximum atomic E-state index is 10.5. The highest BCUT2D eigenvalue weighted by Gasteiger charge is 1.95. The largest absolute Gasteiger partial charge is 0.366 e. The summed E-state index contributed by atoms with van der Waals surface area (Å²) < 4.78 is 0. The van der Waals surface area contributed by atoms with Crippen molar-refractivity contribution in [1.82, 2.24) is 0 Å². The molecule has 3 nitrogen and oxygen atoms in total. The van der Waals surface area contributed by atoms with Gasteiger partial charge in [0, 0.05) is 5.56 Å². The summed E-state index contributed by atoms with van der Waals surface area (Å²) in [5, 5.41) is 1.90. The van der Waals surface area contributed by atoms with Gasteiger partial charge >= 0.3 is 0 Å². The Morgan fingerprint density at radius 3 is 2.00 bits per heavy atom. The molecule has 1 heterocycles. The fraction of sp³-hybridized carbons (Fsp3) is 0.0769. The summed E-state index contributed by atoms with van der Waals surface area (Å²) >= 11 is 1.48. The summed E-state index contributed by atoms with van der Waals surface area (Å²) in [6.45, 7) is 1.58. The van der Waals surface area contributed by atoms with Crippen molar-refractivity contribution in [3.63, 3.8) is 0 Å². The number of carbonyl (C=O) groups is 2. The highest BCUT2D eigenvalue weighted by Crippen LogP contribution is 2.07. The Labute approximate surface area is 104 Å². The van der Waals surface area contributed by atoms with Crippen molar-refractivity contribution in [2.45, 2.75) is 6.92 Å². The number of hydrogen-bond donors (Lipinski definition) is 1. The first-order valence-corrected chi connectivity index (χ1v) is 5.88. The normalized spacial score (nSPS) is 9.00. The van der Waals surface area contributed by atoms with Crippen LogP contribution in [0.15, 0.2) is 47.8 Å². The molecule has 0 unspecified atom stereocenters. The smallest absolute Gasteiger partial charge is 0.248 e. The zero-order valence-corrected chi connectivity index (χ0v) is 10.2. The predicted molar refractivity (Wildman–Crippen MR) is 69.3 cm³/mol. The molecule has 1 amide bonds. The van der Waals surface area contributed by atoms with Gasteiger partial charge in [0.25, 0.3) is 0 Å². The molecule has 0 saturated carbocycles. The third-order valence-corrected chi connectivity index (χ3v) is 2.90. The second-order valence-corrected chi connectivity index (χ2v) is 4.21. The van der Waals surface area contributed by atoms with E-state index in [1.54, 1.807) is 31.2 Å². The Bertz CT molecular complexity index is 477. The van der Waals surface area contributed by atoms with Crippen molar-refractivity contribution in [3.8, 4) is 0 Å². The maximum absolute atomic E-state index is 10.5. The van der Waals surface area contributed by atoms with E-state index in [-0.39, 0.29) is 11.7 Å². The predicted octanol–water partition coefficient (Wildman–Crippen LogP) is 2.74. The molecule has 2 aromatic rings. The topological polar surface area (TPSA) is 60.2 Å². The number of ketones is 1. The van der Waals surface area contributed by atoms with E-state index in [0.717, 1.165) is 4.88 Å². The van der Waals surface area contributed by atoms with Crippen LogP contribution < -0.4 is 5.73 Å². The number of thiophene rings is 1. The molecule has 17 heavy (non-hydrogen) atoms. The van der Waals surface area contributed by atoms with Gasteiger partial charge < -0.3 is 5.73 Å². The molecule has 0 aliphatic heterocycles. The number of benzene rings is 1. The molecule has 2 rings (SSSR count). The van der Waals surface area contributed by atoms with Gasteiger partial charge in [-0.1, -0.05) is 24.3 Å². The van der Waals surface area contributed by atoms with Gasteiger partial charge in [0.05, 0.1) is 4.88 Å². The molecular weight excluding hydrogens is 234 g/mol. The van der Waals surface area contributed by atoms with Crippen molar-refractivity contribution >= 4 is 23.0 Å². The van der Waals surface area contributed by atoms with Crippen LogP contribution in [0.1, 0.15) is 27.0 Å². The second kappa shape index (κ2) is 6.60. The molecule has 0 bridgehead atoms. The molecular formula is C13H13NO2S. The first-order chi connectivity index (χ1) is 8.11. The number of rotatable bonds is 2. The van der Waals surface area contributed by atoms with Crippen LogP contribution >= 0.6 is 11.3 Å². The van der Waals surface area contributed by atoms with Crippen LogP contribution in [0.5, 0.6) is 0 Å². The lowest BCUT2D eigenvalue weighted by Gasteiger charge is -1.89. The minimum absolute atomic E-state index is 0.153. The number of nitrogens with two attached hydrogens (primary N) is 1. The van der Waals surface area contributed by atoms with Gasteiger partial charge in [0.2, 0.25) is 5.91 Å². The maximum Gasteiger partial charge on any atom is 0.248 e. The molecule has 0 spiro atoms. The minimum Gasteiger partial charge on any atom is -0.366 e. The SMILES string of the molecule is CC(=O)c1cccs1.NC(=O)c1ccccc1. The van der Waals surface area contributed by atoms with Gasteiger partial charge in [-0.2, -0.15) is 0 Å². The summed E-state index contributed by atoms with van der Waals surface area (Å²) in [4.78, 5) is 21.8. The first-order valence-electron chi connectivity index (χ1n) is 5.00. The van der Waals surface area contributed by atoms with Crippen LogP contribution in [0, 0.1) is 0 Å². The van der Waals surface area contributed by atoms with Crippen molar-refractivity contribution in [2.75, 3.05) is 0 Å². The summed E-state index contributed by atoms with van der Waals surface area (Å²) in [6.07, 6.45) is 0. The highest BCUT2D eigenvalue weighted by molar-refractivity contribution is 7.12. The fourth-order valence-electron chi connectivity index (χ4n) is 1.08. The fourth-order valence-corrected chi connectivity index (χ4v) is 1.71. The van der Waals surface area contributed by atoms with E-state index in [0.29, 0.717) is 5.56 Å². The van der Waals surface area contributed by atoms with Crippen LogP contribution in [-0.2, 0) is 0 Å². The molecule has 1 aromatic heterocycles. The van der Waals surface area contributed by atoms with Crippen LogP contribution in [0.2, 0.25) is 0 Å². The number of hydrogen-bond acceptors (Lipinski definition) is 3. The van der Waals surface area contributed by atoms with Gasteiger partial charge in [0.15, 0.2) is 5.78 Å². The van der Waals surface area contributed by atoms with Crippen LogP contribution in [0.4, 0.5) is 0 Å². The number of primary amides is 1. The minimum atomic E-state index is -0.379. The molecule has 0 saturated heterocycles. The standard InChI is InChI=1S/C7H7NO.C6H6OS/c8-7(9)6-4-2-1-3-5-6;1-5(7)6-3-2-4-8-6/h1-5H,(H2,8,9);2-4H,1H3. The van der Waals surface area contributed by atoms with Gasteiger partial charge in [-0.05, 0) is 30.5 Å². The molecule has 2 N–H and O–H groups in total. The Hall–Kier alpha value is -1.94. The van der Waals surface area contributed by atoms with Gasteiger partial charge in [0.1, 0.15) is 0 Å². The Balaban J connectivity index is 0.000000171. The summed E-state index contributed by atoms with van der Waals surface area (Å²) in [7, 11) is 0. The van der Waals surface area contributed by atoms with Gasteiger partial charge in [-0.25, -0.2) is 0 Å². The quantitative estimate of drug-likeness (QED) is 0.829. The van der Waals surface area contributed by atoms with Crippen LogP contribution in [0.25, 0.3) is 0 Å². The Morgan fingerprint density at radius 2 is 1.71 bits per heavy atom. The second-order valence-electron chi connectivity index (χ2n) is 3.26. The third kappa shape index (κ3) is 4.61. The molecule has 0 aliphatic carbocycles.